The minimum absolute atomic E-state index is 0. The second-order valence-electron chi connectivity index (χ2n) is 11.4. The molecule has 2 N–H and O–H groups in total. The molecule has 6 aromatic carbocycles. The van der Waals surface area contributed by atoms with Crippen LogP contribution >= 0.6 is 0 Å². The quantitative estimate of drug-likeness (QED) is 0.0486. The molecule has 276 valence electrons. The maximum absolute atomic E-state index is 11.4. The maximum Gasteiger partial charge on any atom is 2.00 e. The topological polar surface area (TPSA) is 291 Å². The SMILES string of the molecule is Cc1cc(N=Nc2c(O)ccc3c(S(=O)(=O)[O-])cccc23)cc([N+](=O)[O-])c1.Cc1cc(N=Nc2c(O)ccc3c(S(=O)(=O)[O-])cccc23)cc([N+](=O)[O-])c1.[Ba+2]. The number of phenols is 2. The largest absolute Gasteiger partial charge is 2.00 e. The number of aryl methyl sites for hydroxylation is 2. The Labute approximate surface area is 351 Å². The van der Waals surface area contributed by atoms with Gasteiger partial charge in [0.1, 0.15) is 43.1 Å². The number of hydrogen-bond donors (Lipinski definition) is 2. The molecule has 6 rings (SSSR count). The van der Waals surface area contributed by atoms with Crippen molar-refractivity contribution in [2.45, 2.75) is 23.6 Å². The number of phenolic OH excluding ortho intramolecular Hbond substituents is 2. The summed E-state index contributed by atoms with van der Waals surface area (Å²) in [5, 5.41) is 58.3. The van der Waals surface area contributed by atoms with Crippen molar-refractivity contribution in [3.63, 3.8) is 0 Å². The van der Waals surface area contributed by atoms with E-state index >= 15 is 0 Å². The van der Waals surface area contributed by atoms with Crippen LogP contribution < -0.4 is 0 Å². The maximum atomic E-state index is 11.4. The van der Waals surface area contributed by atoms with Crippen LogP contribution in [-0.2, 0) is 20.2 Å². The molecule has 0 aromatic heterocycles. The van der Waals surface area contributed by atoms with Crippen LogP contribution in [0.5, 0.6) is 11.5 Å². The molecule has 0 saturated carbocycles. The Morgan fingerprint density at radius 1 is 0.527 bits per heavy atom. The van der Waals surface area contributed by atoms with Crippen molar-refractivity contribution in [1.82, 2.24) is 0 Å². The van der Waals surface area contributed by atoms with Crippen molar-refractivity contribution < 1.29 is 46.0 Å². The Morgan fingerprint density at radius 3 is 1.22 bits per heavy atom. The second kappa shape index (κ2) is 17.1. The average molecular weight is 910 g/mol. The van der Waals surface area contributed by atoms with E-state index in [2.05, 4.69) is 20.5 Å². The van der Waals surface area contributed by atoms with Crippen LogP contribution in [0.4, 0.5) is 34.1 Å². The van der Waals surface area contributed by atoms with Crippen molar-refractivity contribution in [2.75, 3.05) is 0 Å². The molecule has 21 heteroatoms. The molecule has 0 radical (unpaired) electrons. The van der Waals surface area contributed by atoms with Crippen LogP contribution in [0.15, 0.2) is 127 Å². The number of hydrogen-bond acceptors (Lipinski definition) is 16. The summed E-state index contributed by atoms with van der Waals surface area (Å²) in [6.45, 7) is 3.32. The summed E-state index contributed by atoms with van der Waals surface area (Å²) in [5.74, 6) is -0.567. The summed E-state index contributed by atoms with van der Waals surface area (Å²) in [6.07, 6.45) is 0. The van der Waals surface area contributed by atoms with Crippen LogP contribution in [0.25, 0.3) is 21.5 Å². The predicted molar refractivity (Wildman–Crippen MR) is 197 cm³/mol. The fourth-order valence-corrected chi connectivity index (χ4v) is 6.66. The van der Waals surface area contributed by atoms with E-state index in [9.17, 15) is 56.4 Å². The van der Waals surface area contributed by atoms with Gasteiger partial charge in [-0.3, -0.25) is 20.2 Å². The number of azo groups is 2. The predicted octanol–water partition coefficient (Wildman–Crippen LogP) is 7.78. The molecule has 0 atom stereocenters. The van der Waals surface area contributed by atoms with Gasteiger partial charge in [0, 0.05) is 45.8 Å². The first-order valence-electron chi connectivity index (χ1n) is 15.1. The molecule has 0 aliphatic carbocycles. The van der Waals surface area contributed by atoms with Gasteiger partial charge in [-0.25, -0.2) is 16.8 Å². The molecule has 0 bridgehead atoms. The van der Waals surface area contributed by atoms with Gasteiger partial charge in [-0.15, -0.1) is 10.2 Å². The third-order valence-corrected chi connectivity index (χ3v) is 9.32. The van der Waals surface area contributed by atoms with E-state index < -0.39 is 39.9 Å². The van der Waals surface area contributed by atoms with Gasteiger partial charge < -0.3 is 19.3 Å². The normalized spacial score (nSPS) is 11.7. The Balaban J connectivity index is 0.000000240. The molecule has 0 spiro atoms. The van der Waals surface area contributed by atoms with Gasteiger partial charge >= 0.3 is 48.9 Å². The summed E-state index contributed by atoms with van der Waals surface area (Å²) in [6, 6.07) is 21.3. The minimum Gasteiger partial charge on any atom is -0.744 e. The number of benzene rings is 6. The zero-order chi connectivity index (χ0) is 39.5. The number of aromatic hydroxyl groups is 2. The molecule has 0 heterocycles. The van der Waals surface area contributed by atoms with E-state index in [0.29, 0.717) is 11.1 Å². The van der Waals surface area contributed by atoms with Gasteiger partial charge in [-0.05, 0) is 73.5 Å². The van der Waals surface area contributed by atoms with E-state index in [-0.39, 0.29) is 116 Å². The van der Waals surface area contributed by atoms with Gasteiger partial charge in [0.15, 0.2) is 0 Å². The van der Waals surface area contributed by atoms with Gasteiger partial charge in [0.2, 0.25) is 0 Å². The molecule has 6 aromatic rings. The molecule has 0 unspecified atom stereocenters. The number of nitro benzene ring substituents is 2. The molecule has 0 amide bonds. The molecule has 55 heavy (non-hydrogen) atoms. The van der Waals surface area contributed by atoms with Crippen molar-refractivity contribution in [3.8, 4) is 11.5 Å². The Morgan fingerprint density at radius 2 is 0.891 bits per heavy atom. The smallest absolute Gasteiger partial charge is 0.744 e. The first-order chi connectivity index (χ1) is 25.3. The minimum atomic E-state index is -4.73. The number of fused-ring (bicyclic) bond motifs is 2. The van der Waals surface area contributed by atoms with Gasteiger partial charge in [-0.1, -0.05) is 24.3 Å². The monoisotopic (exact) mass is 910 g/mol. The molecule has 0 aliphatic rings. The fourth-order valence-electron chi connectivity index (χ4n) is 5.28. The first kappa shape index (κ1) is 42.6. The van der Waals surface area contributed by atoms with Gasteiger partial charge in [0.25, 0.3) is 11.4 Å². The zero-order valence-corrected chi connectivity index (χ0v) is 34.5. The van der Waals surface area contributed by atoms with Crippen molar-refractivity contribution >= 4 is 125 Å². The average Bonchev–Trinajstić information content (AvgIpc) is 3.09. The molecule has 0 saturated heterocycles. The number of rotatable bonds is 8. The number of nitrogens with zero attached hydrogens (tertiary/aromatic N) is 6. The molecule has 18 nitrogen and oxygen atoms in total. The Bertz CT molecular complexity index is 2610. The standard InChI is InChI=1S/2C17H13N3O6S.Ba/c2*1-10-7-11(9-12(8-10)20(22)23)18-19-17-14-3-2-4-16(27(24,25)26)13(14)5-6-15(17)21;/h2*2-9,21H,1H3,(H,24,25,26);/q;;+2/p-2. The van der Waals surface area contributed by atoms with Crippen molar-refractivity contribution in [3.05, 3.63) is 128 Å². The van der Waals surface area contributed by atoms with E-state index in [0.717, 1.165) is 12.1 Å². The molecular formula is C34H24BaN6O12S2. The fraction of sp³-hybridized carbons (Fsp3) is 0.0588. The third kappa shape index (κ3) is 10.1. The van der Waals surface area contributed by atoms with Crippen LogP contribution in [0.1, 0.15) is 11.1 Å². The van der Waals surface area contributed by atoms with Crippen molar-refractivity contribution in [2.24, 2.45) is 20.5 Å². The van der Waals surface area contributed by atoms with Crippen LogP contribution in [0.3, 0.4) is 0 Å². The van der Waals surface area contributed by atoms with Gasteiger partial charge in [-0.2, -0.15) is 10.2 Å². The molecule has 0 fully saturated rings. The summed E-state index contributed by atoms with van der Waals surface area (Å²) >= 11 is 0. The summed E-state index contributed by atoms with van der Waals surface area (Å²) < 4.78 is 68.6. The summed E-state index contributed by atoms with van der Waals surface area (Å²) in [5.41, 5.74) is 1.14. The number of non-ortho nitro benzene ring substituents is 2. The first-order valence-corrected chi connectivity index (χ1v) is 17.9. The third-order valence-electron chi connectivity index (χ3n) is 7.53. The van der Waals surface area contributed by atoms with Crippen molar-refractivity contribution in [1.29, 1.82) is 0 Å². The Kier molecular flexibility index (Phi) is 13.2. The van der Waals surface area contributed by atoms with Crippen LogP contribution in [0, 0.1) is 34.1 Å². The molecule has 0 aliphatic heterocycles. The summed E-state index contributed by atoms with van der Waals surface area (Å²) in [7, 11) is -9.45. The van der Waals surface area contributed by atoms with E-state index in [1.54, 1.807) is 26.0 Å². The van der Waals surface area contributed by atoms with E-state index in [4.69, 9.17) is 0 Å². The summed E-state index contributed by atoms with van der Waals surface area (Å²) in [4.78, 5) is 19.9. The Hall–Kier alpha value is -5.17. The second-order valence-corrected chi connectivity index (χ2v) is 14.1. The zero-order valence-electron chi connectivity index (χ0n) is 28.4. The van der Waals surface area contributed by atoms with E-state index in [1.165, 1.54) is 72.8 Å². The van der Waals surface area contributed by atoms with Crippen LogP contribution in [0.2, 0.25) is 0 Å². The molecular weight excluding hydrogens is 886 g/mol. The number of nitro groups is 2. The van der Waals surface area contributed by atoms with Crippen LogP contribution in [-0.4, -0.2) is 94.9 Å². The van der Waals surface area contributed by atoms with Gasteiger partial charge in [0.05, 0.1) is 31.0 Å². The van der Waals surface area contributed by atoms with E-state index in [1.807, 2.05) is 0 Å².